The van der Waals surface area contributed by atoms with Crippen molar-refractivity contribution in [2.24, 2.45) is 12.8 Å². The van der Waals surface area contributed by atoms with Gasteiger partial charge in [0.2, 0.25) is 0 Å². The second-order valence-electron chi connectivity index (χ2n) is 3.99. The number of aryl methyl sites for hydroxylation is 1. The van der Waals surface area contributed by atoms with E-state index in [0.717, 1.165) is 4.47 Å². The van der Waals surface area contributed by atoms with Crippen molar-refractivity contribution in [1.82, 2.24) is 4.57 Å². The van der Waals surface area contributed by atoms with Crippen LogP contribution in [0.4, 0.5) is 0 Å². The fraction of sp³-hybridized carbons (Fsp3) is 0.333. The molecule has 15 heavy (non-hydrogen) atoms. The Balaban J connectivity index is 2.69. The molecule has 0 spiro atoms. The second kappa shape index (κ2) is 3.99. The number of nitrogens with zero attached hydrogens (tertiary/aromatic N) is 1. The van der Waals surface area contributed by atoms with Gasteiger partial charge in [-0.05, 0) is 36.2 Å². The number of halogens is 1. The molecule has 0 saturated carbocycles. The van der Waals surface area contributed by atoms with Crippen molar-refractivity contribution in [2.45, 2.75) is 12.8 Å². The van der Waals surface area contributed by atoms with E-state index in [1.165, 1.54) is 16.5 Å². The van der Waals surface area contributed by atoms with Gasteiger partial charge in [-0.2, -0.15) is 0 Å². The molecular weight excluding hydrogens is 252 g/mol. The molecule has 0 fully saturated rings. The number of hydrogen-bond acceptors (Lipinski definition) is 1. The van der Waals surface area contributed by atoms with Crippen molar-refractivity contribution in [3.05, 3.63) is 34.4 Å². The minimum Gasteiger partial charge on any atom is -0.350 e. The molecule has 0 aliphatic heterocycles. The quantitative estimate of drug-likeness (QED) is 0.890. The summed E-state index contributed by atoms with van der Waals surface area (Å²) in [5, 5.41) is 1.30. The van der Waals surface area contributed by atoms with Crippen LogP contribution in [0.15, 0.2) is 28.9 Å². The molecule has 1 aromatic heterocycles. The van der Waals surface area contributed by atoms with Gasteiger partial charge in [-0.3, -0.25) is 0 Å². The van der Waals surface area contributed by atoms with E-state index >= 15 is 0 Å². The smallest absolute Gasteiger partial charge is 0.0481 e. The summed E-state index contributed by atoms with van der Waals surface area (Å²) in [5.74, 6) is 0.406. The Morgan fingerprint density at radius 1 is 1.47 bits per heavy atom. The lowest BCUT2D eigenvalue weighted by molar-refractivity contribution is 0.774. The van der Waals surface area contributed by atoms with E-state index in [-0.39, 0.29) is 0 Å². The second-order valence-corrected chi connectivity index (χ2v) is 4.91. The molecule has 0 saturated heterocycles. The molecule has 0 amide bonds. The van der Waals surface area contributed by atoms with Crippen LogP contribution < -0.4 is 5.73 Å². The average molecular weight is 267 g/mol. The maximum atomic E-state index is 5.72. The van der Waals surface area contributed by atoms with Crippen LogP contribution in [0.25, 0.3) is 10.9 Å². The monoisotopic (exact) mass is 266 g/mol. The number of fused-ring (bicyclic) bond motifs is 1. The minimum atomic E-state index is 0.406. The van der Waals surface area contributed by atoms with Gasteiger partial charge in [0.1, 0.15) is 0 Å². The Hall–Kier alpha value is -0.800. The molecule has 0 radical (unpaired) electrons. The third-order valence-electron chi connectivity index (χ3n) is 2.87. The van der Waals surface area contributed by atoms with Crippen LogP contribution in [-0.4, -0.2) is 11.1 Å². The Morgan fingerprint density at radius 2 is 2.20 bits per heavy atom. The van der Waals surface area contributed by atoms with E-state index in [1.54, 1.807) is 0 Å². The highest BCUT2D eigenvalue weighted by atomic mass is 79.9. The van der Waals surface area contributed by atoms with E-state index in [9.17, 15) is 0 Å². The first-order valence-electron chi connectivity index (χ1n) is 5.08. The lowest BCUT2D eigenvalue weighted by atomic mass is 10.0. The van der Waals surface area contributed by atoms with Crippen molar-refractivity contribution in [1.29, 1.82) is 0 Å². The zero-order chi connectivity index (χ0) is 11.0. The van der Waals surface area contributed by atoms with Crippen LogP contribution in [0.2, 0.25) is 0 Å². The summed E-state index contributed by atoms with van der Waals surface area (Å²) in [6, 6.07) is 6.36. The van der Waals surface area contributed by atoms with Gasteiger partial charge in [-0.15, -0.1) is 0 Å². The fourth-order valence-electron chi connectivity index (χ4n) is 1.91. The van der Waals surface area contributed by atoms with Crippen LogP contribution in [0.1, 0.15) is 18.4 Å². The molecule has 2 nitrogen and oxygen atoms in total. The Kier molecular flexibility index (Phi) is 2.85. The largest absolute Gasteiger partial charge is 0.350 e. The summed E-state index contributed by atoms with van der Waals surface area (Å²) < 4.78 is 3.27. The van der Waals surface area contributed by atoms with Crippen molar-refractivity contribution in [2.75, 3.05) is 6.54 Å². The van der Waals surface area contributed by atoms with Gasteiger partial charge in [-0.1, -0.05) is 22.9 Å². The molecule has 1 unspecified atom stereocenters. The summed E-state index contributed by atoms with van der Waals surface area (Å²) in [5.41, 5.74) is 8.31. The first kappa shape index (κ1) is 10.7. The van der Waals surface area contributed by atoms with Crippen molar-refractivity contribution < 1.29 is 0 Å². The van der Waals surface area contributed by atoms with Crippen LogP contribution in [-0.2, 0) is 7.05 Å². The van der Waals surface area contributed by atoms with Gasteiger partial charge in [0, 0.05) is 28.6 Å². The van der Waals surface area contributed by atoms with Crippen LogP contribution >= 0.6 is 15.9 Å². The summed E-state index contributed by atoms with van der Waals surface area (Å²) in [6.07, 6.45) is 2.18. The molecule has 0 aliphatic rings. The zero-order valence-corrected chi connectivity index (χ0v) is 10.6. The van der Waals surface area contributed by atoms with E-state index in [4.69, 9.17) is 5.73 Å². The lowest BCUT2D eigenvalue weighted by Gasteiger charge is -2.06. The predicted molar refractivity (Wildman–Crippen MR) is 68.1 cm³/mol. The molecular formula is C12H15BrN2. The van der Waals surface area contributed by atoms with Gasteiger partial charge in [0.25, 0.3) is 0 Å². The van der Waals surface area contributed by atoms with Crippen molar-refractivity contribution in [3.63, 3.8) is 0 Å². The van der Waals surface area contributed by atoms with E-state index in [0.29, 0.717) is 12.5 Å². The first-order valence-corrected chi connectivity index (χ1v) is 5.87. The van der Waals surface area contributed by atoms with Gasteiger partial charge >= 0.3 is 0 Å². The Morgan fingerprint density at radius 3 is 2.87 bits per heavy atom. The first-order chi connectivity index (χ1) is 7.13. The van der Waals surface area contributed by atoms with E-state index in [2.05, 4.69) is 58.9 Å². The van der Waals surface area contributed by atoms with Gasteiger partial charge in [0.05, 0.1) is 0 Å². The summed E-state index contributed by atoms with van der Waals surface area (Å²) >= 11 is 3.51. The van der Waals surface area contributed by atoms with Gasteiger partial charge in [0.15, 0.2) is 0 Å². The standard InChI is InChI=1S/C12H15BrN2/c1-8(6-14)11-7-15(2)12-4-3-9(13)5-10(11)12/h3-5,7-8H,6,14H2,1-2H3. The van der Waals surface area contributed by atoms with Crippen LogP contribution in [0, 0.1) is 0 Å². The highest BCUT2D eigenvalue weighted by Gasteiger charge is 2.11. The molecule has 3 heteroatoms. The number of benzene rings is 1. The lowest BCUT2D eigenvalue weighted by Crippen LogP contribution is -2.08. The van der Waals surface area contributed by atoms with Gasteiger partial charge < -0.3 is 10.3 Å². The summed E-state index contributed by atoms with van der Waals surface area (Å²) in [7, 11) is 2.07. The van der Waals surface area contributed by atoms with Gasteiger partial charge in [-0.25, -0.2) is 0 Å². The SMILES string of the molecule is CC(CN)c1cn(C)c2ccc(Br)cc12. The maximum Gasteiger partial charge on any atom is 0.0481 e. The molecule has 1 aromatic carbocycles. The third-order valence-corrected chi connectivity index (χ3v) is 3.36. The third kappa shape index (κ3) is 1.82. The zero-order valence-electron chi connectivity index (χ0n) is 9.00. The van der Waals surface area contributed by atoms with Crippen molar-refractivity contribution in [3.8, 4) is 0 Å². The normalized spacial score (nSPS) is 13.3. The maximum absolute atomic E-state index is 5.72. The summed E-state index contributed by atoms with van der Waals surface area (Å²) in [6.45, 7) is 2.85. The Labute approximate surface area is 98.2 Å². The minimum absolute atomic E-state index is 0.406. The van der Waals surface area contributed by atoms with Crippen LogP contribution in [0.3, 0.4) is 0 Å². The molecule has 0 aliphatic carbocycles. The molecule has 0 bridgehead atoms. The molecule has 1 heterocycles. The number of hydrogen-bond donors (Lipinski definition) is 1. The molecule has 1 atom stereocenters. The summed E-state index contributed by atoms with van der Waals surface area (Å²) in [4.78, 5) is 0. The predicted octanol–water partition coefficient (Wildman–Crippen LogP) is 3.00. The van der Waals surface area contributed by atoms with E-state index < -0.39 is 0 Å². The van der Waals surface area contributed by atoms with Crippen molar-refractivity contribution >= 4 is 26.8 Å². The topological polar surface area (TPSA) is 30.9 Å². The fourth-order valence-corrected chi connectivity index (χ4v) is 2.28. The Bertz CT molecular complexity index is 488. The van der Waals surface area contributed by atoms with Crippen LogP contribution in [0.5, 0.6) is 0 Å². The molecule has 2 N–H and O–H groups in total. The number of nitrogens with two attached hydrogens (primary N) is 1. The number of aromatic nitrogens is 1. The highest BCUT2D eigenvalue weighted by molar-refractivity contribution is 9.10. The molecule has 80 valence electrons. The van der Waals surface area contributed by atoms with E-state index in [1.807, 2.05) is 0 Å². The highest BCUT2D eigenvalue weighted by Crippen LogP contribution is 2.28. The molecule has 2 aromatic rings. The molecule has 2 rings (SSSR count). The number of rotatable bonds is 2. The average Bonchev–Trinajstić information content (AvgIpc) is 2.54.